The van der Waals surface area contributed by atoms with Crippen molar-refractivity contribution < 1.29 is 33.5 Å². The molecule has 0 spiro atoms. The fraction of sp³-hybridized carbons (Fsp3) is 0.231. The van der Waals surface area contributed by atoms with Crippen LogP contribution in [0.1, 0.15) is 47.1 Å². The Hall–Kier alpha value is -4.40. The van der Waals surface area contributed by atoms with Crippen LogP contribution in [0.4, 0.5) is 5.82 Å². The fourth-order valence-electron chi connectivity index (χ4n) is 3.89. The number of ether oxygens (including phenoxy) is 2. The zero-order chi connectivity index (χ0) is 25.3. The SMILES string of the molecule is COC(=O)c1ccc([C@@H]2/C(=C(\O)c3ccc(OC(C)C)cc3)C(=O)C(=O)N2c2cc(C)on2)cc1. The predicted molar refractivity (Wildman–Crippen MR) is 126 cm³/mol. The monoisotopic (exact) mass is 476 g/mol. The maximum absolute atomic E-state index is 13.2. The first kappa shape index (κ1) is 23.7. The molecule has 3 aromatic rings. The molecule has 35 heavy (non-hydrogen) atoms. The van der Waals surface area contributed by atoms with Gasteiger partial charge in [-0.2, -0.15) is 0 Å². The van der Waals surface area contributed by atoms with E-state index >= 15 is 0 Å². The minimum Gasteiger partial charge on any atom is -0.507 e. The maximum Gasteiger partial charge on any atom is 0.337 e. The molecule has 0 saturated carbocycles. The number of aliphatic hydroxyl groups excluding tert-OH is 1. The zero-order valence-corrected chi connectivity index (χ0v) is 19.6. The third kappa shape index (κ3) is 4.52. The van der Waals surface area contributed by atoms with Crippen LogP contribution in [0.25, 0.3) is 5.76 Å². The Bertz CT molecular complexity index is 1300. The third-order valence-corrected chi connectivity index (χ3v) is 5.45. The highest BCUT2D eigenvalue weighted by atomic mass is 16.5. The number of rotatable bonds is 6. The van der Waals surface area contributed by atoms with Gasteiger partial charge in [0, 0.05) is 11.6 Å². The highest BCUT2D eigenvalue weighted by Gasteiger charge is 2.48. The molecule has 9 nitrogen and oxygen atoms in total. The van der Waals surface area contributed by atoms with E-state index in [1.54, 1.807) is 43.3 Å². The molecule has 0 bridgehead atoms. The van der Waals surface area contributed by atoms with E-state index in [0.29, 0.717) is 28.2 Å². The van der Waals surface area contributed by atoms with Crippen LogP contribution >= 0.6 is 0 Å². The summed E-state index contributed by atoms with van der Waals surface area (Å²) < 4.78 is 15.5. The summed E-state index contributed by atoms with van der Waals surface area (Å²) in [4.78, 5) is 39.3. The molecule has 0 radical (unpaired) electrons. The second kappa shape index (κ2) is 9.46. The summed E-state index contributed by atoms with van der Waals surface area (Å²) in [6.45, 7) is 5.45. The average molecular weight is 476 g/mol. The molecule has 1 N–H and O–H groups in total. The summed E-state index contributed by atoms with van der Waals surface area (Å²) in [6.07, 6.45) is -0.0290. The van der Waals surface area contributed by atoms with Crippen LogP contribution in [0.5, 0.6) is 5.75 Å². The van der Waals surface area contributed by atoms with E-state index in [0.717, 1.165) is 0 Å². The van der Waals surface area contributed by atoms with Crippen LogP contribution in [0.2, 0.25) is 0 Å². The maximum atomic E-state index is 13.2. The van der Waals surface area contributed by atoms with Gasteiger partial charge in [0.1, 0.15) is 17.3 Å². The molecule has 0 aliphatic carbocycles. The van der Waals surface area contributed by atoms with E-state index in [1.807, 2.05) is 13.8 Å². The molecular weight excluding hydrogens is 452 g/mol. The van der Waals surface area contributed by atoms with Crippen LogP contribution in [-0.2, 0) is 14.3 Å². The van der Waals surface area contributed by atoms with Crippen molar-refractivity contribution in [3.63, 3.8) is 0 Å². The number of anilines is 1. The normalized spacial score (nSPS) is 17.2. The van der Waals surface area contributed by atoms with E-state index in [2.05, 4.69) is 5.16 Å². The second-order valence-electron chi connectivity index (χ2n) is 8.27. The van der Waals surface area contributed by atoms with Crippen LogP contribution in [0, 0.1) is 6.92 Å². The number of Topliss-reactive ketones (excluding diaryl/α,β-unsaturated/α-hetero) is 1. The molecule has 1 aliphatic rings. The average Bonchev–Trinajstić information content (AvgIpc) is 3.38. The van der Waals surface area contributed by atoms with Crippen molar-refractivity contribution in [1.29, 1.82) is 0 Å². The number of benzene rings is 2. The lowest BCUT2D eigenvalue weighted by Crippen LogP contribution is -2.29. The van der Waals surface area contributed by atoms with Crippen molar-refractivity contribution in [2.75, 3.05) is 12.0 Å². The molecule has 0 unspecified atom stereocenters. The summed E-state index contributed by atoms with van der Waals surface area (Å²) in [5.74, 6) is -1.42. The van der Waals surface area contributed by atoms with Crippen LogP contribution < -0.4 is 9.64 Å². The third-order valence-electron chi connectivity index (χ3n) is 5.45. The summed E-state index contributed by atoms with van der Waals surface area (Å²) in [5, 5.41) is 15.1. The number of esters is 1. The molecule has 9 heteroatoms. The molecule has 2 heterocycles. The zero-order valence-electron chi connectivity index (χ0n) is 19.6. The van der Waals surface area contributed by atoms with Gasteiger partial charge in [-0.05, 0) is 62.7 Å². The Kier molecular flexibility index (Phi) is 6.42. The number of aryl methyl sites for hydroxylation is 1. The van der Waals surface area contributed by atoms with E-state index in [4.69, 9.17) is 14.0 Å². The lowest BCUT2D eigenvalue weighted by Gasteiger charge is -2.23. The number of aliphatic hydroxyl groups is 1. The van der Waals surface area contributed by atoms with Gasteiger partial charge in [0.2, 0.25) is 0 Å². The van der Waals surface area contributed by atoms with Crippen molar-refractivity contribution in [2.45, 2.75) is 32.9 Å². The molecule has 180 valence electrons. The molecule has 1 amide bonds. The van der Waals surface area contributed by atoms with E-state index in [-0.39, 0.29) is 23.3 Å². The predicted octanol–water partition coefficient (Wildman–Crippen LogP) is 4.18. The molecule has 1 aromatic heterocycles. The number of carbonyl (C=O) groups is 3. The van der Waals surface area contributed by atoms with E-state index < -0.39 is 23.7 Å². The highest BCUT2D eigenvalue weighted by Crippen LogP contribution is 2.42. The number of ketones is 1. The quantitative estimate of drug-likeness (QED) is 0.244. The highest BCUT2D eigenvalue weighted by molar-refractivity contribution is 6.51. The number of aromatic nitrogens is 1. The van der Waals surface area contributed by atoms with Gasteiger partial charge < -0.3 is 19.1 Å². The lowest BCUT2D eigenvalue weighted by molar-refractivity contribution is -0.132. The fourth-order valence-corrected chi connectivity index (χ4v) is 3.89. The van der Waals surface area contributed by atoms with Gasteiger partial charge in [-0.25, -0.2) is 4.79 Å². The Morgan fingerprint density at radius 1 is 1.06 bits per heavy atom. The van der Waals surface area contributed by atoms with Gasteiger partial charge in [-0.15, -0.1) is 0 Å². The number of nitrogens with zero attached hydrogens (tertiary/aromatic N) is 2. The molecule has 1 saturated heterocycles. The Balaban J connectivity index is 1.84. The summed E-state index contributed by atoms with van der Waals surface area (Å²) in [5.41, 5.74) is 1.01. The topological polar surface area (TPSA) is 119 Å². The second-order valence-corrected chi connectivity index (χ2v) is 8.27. The summed E-state index contributed by atoms with van der Waals surface area (Å²) >= 11 is 0. The van der Waals surface area contributed by atoms with Crippen LogP contribution in [-0.4, -0.2) is 41.1 Å². The number of methoxy groups -OCH3 is 1. The Morgan fingerprint density at radius 2 is 1.69 bits per heavy atom. The largest absolute Gasteiger partial charge is 0.507 e. The standard InChI is InChI=1S/C26H24N2O7/c1-14(2)34-19-11-9-17(10-12-19)23(29)21-22(16-5-7-18(8-6-16)26(32)33-4)28(25(31)24(21)30)20-13-15(3)35-27-20/h5-14,22,29H,1-4H3/b23-21+/t22-/m1/s1. The van der Waals surface area contributed by atoms with Gasteiger partial charge in [-0.1, -0.05) is 17.3 Å². The first-order valence-electron chi connectivity index (χ1n) is 10.9. The van der Waals surface area contributed by atoms with Crippen molar-refractivity contribution in [2.24, 2.45) is 0 Å². The molecule has 1 atom stereocenters. The molecule has 2 aromatic carbocycles. The number of carbonyl (C=O) groups excluding carboxylic acids is 3. The van der Waals surface area contributed by atoms with Gasteiger partial charge in [0.05, 0.1) is 30.4 Å². The number of hydrogen-bond donors (Lipinski definition) is 1. The van der Waals surface area contributed by atoms with Gasteiger partial charge in [0.15, 0.2) is 5.82 Å². The summed E-state index contributed by atoms with van der Waals surface area (Å²) in [6, 6.07) is 13.3. The van der Waals surface area contributed by atoms with Crippen molar-refractivity contribution in [3.05, 3.63) is 82.6 Å². The first-order valence-corrected chi connectivity index (χ1v) is 10.9. The number of amides is 1. The van der Waals surface area contributed by atoms with E-state index in [1.165, 1.54) is 30.2 Å². The molecule has 1 aliphatic heterocycles. The van der Waals surface area contributed by atoms with Gasteiger partial charge >= 0.3 is 11.9 Å². The first-order chi connectivity index (χ1) is 16.7. The van der Waals surface area contributed by atoms with Gasteiger partial charge in [0.25, 0.3) is 5.78 Å². The van der Waals surface area contributed by atoms with E-state index in [9.17, 15) is 19.5 Å². The van der Waals surface area contributed by atoms with Crippen LogP contribution in [0.15, 0.2) is 64.7 Å². The summed E-state index contributed by atoms with van der Waals surface area (Å²) in [7, 11) is 1.27. The molecular formula is C26H24N2O7. The minimum absolute atomic E-state index is 0.0290. The minimum atomic E-state index is -1.00. The molecule has 4 rings (SSSR count). The van der Waals surface area contributed by atoms with Crippen LogP contribution in [0.3, 0.4) is 0 Å². The van der Waals surface area contributed by atoms with Crippen molar-refractivity contribution in [3.8, 4) is 5.75 Å². The van der Waals surface area contributed by atoms with Gasteiger partial charge in [-0.3, -0.25) is 14.5 Å². The molecule has 1 fully saturated rings. The van der Waals surface area contributed by atoms with Crippen molar-refractivity contribution in [1.82, 2.24) is 5.16 Å². The van der Waals surface area contributed by atoms with Crippen molar-refractivity contribution >= 4 is 29.2 Å². The number of hydrogen-bond acceptors (Lipinski definition) is 8. The Labute approximate surface area is 201 Å². The lowest BCUT2D eigenvalue weighted by atomic mass is 9.94. The Morgan fingerprint density at radius 3 is 2.23 bits per heavy atom. The smallest absolute Gasteiger partial charge is 0.337 e.